The van der Waals surface area contributed by atoms with Gasteiger partial charge in [-0.25, -0.2) is 13.6 Å². The molecule has 1 aliphatic rings. The van der Waals surface area contributed by atoms with Crippen molar-refractivity contribution in [1.82, 2.24) is 19.6 Å². The molecule has 1 aliphatic heterocycles. The normalized spacial score (nSPS) is 15.6. The van der Waals surface area contributed by atoms with Crippen molar-refractivity contribution in [2.45, 2.75) is 31.8 Å². The van der Waals surface area contributed by atoms with Gasteiger partial charge in [0.1, 0.15) is 0 Å². The third-order valence-electron chi connectivity index (χ3n) is 4.99. The molecule has 1 saturated heterocycles. The highest BCUT2D eigenvalue weighted by Crippen LogP contribution is 2.15. The molecule has 8 nitrogen and oxygen atoms in total. The lowest BCUT2D eigenvalue weighted by Crippen LogP contribution is -2.49. The summed E-state index contributed by atoms with van der Waals surface area (Å²) in [6.45, 7) is 9.50. The molecule has 0 atom stereocenters. The van der Waals surface area contributed by atoms with Crippen molar-refractivity contribution < 1.29 is 8.42 Å². The summed E-state index contributed by atoms with van der Waals surface area (Å²) >= 11 is 5.51. The summed E-state index contributed by atoms with van der Waals surface area (Å²) in [6, 6.07) is 6.26. The van der Waals surface area contributed by atoms with Crippen molar-refractivity contribution in [2.75, 3.05) is 31.5 Å². The van der Waals surface area contributed by atoms with Crippen LogP contribution >= 0.6 is 12.2 Å². The Morgan fingerprint density at radius 1 is 1.21 bits per heavy atom. The number of piperazine rings is 1. The van der Waals surface area contributed by atoms with Gasteiger partial charge in [0, 0.05) is 56.2 Å². The van der Waals surface area contributed by atoms with Crippen LogP contribution in [0.5, 0.6) is 0 Å². The Balaban J connectivity index is 1.51. The number of anilines is 1. The van der Waals surface area contributed by atoms with Crippen LogP contribution in [-0.4, -0.2) is 59.3 Å². The fraction of sp³-hybridized carbons (Fsp3) is 0.444. The lowest BCUT2D eigenvalue weighted by atomic mass is 10.2. The molecule has 3 rings (SSSR count). The number of nitrogens with zero attached hydrogens (tertiary/aromatic N) is 4. The third kappa shape index (κ3) is 4.88. The van der Waals surface area contributed by atoms with Gasteiger partial charge in [0.15, 0.2) is 5.11 Å². The standard InChI is InChI=1S/C18H26N6O2S2/c1-3-24-14(2)15(12-20-24)13-22-8-10-23(11-9-22)18(27)21-16-4-6-17(7-5-16)28(19,25)26/h4-7,12H,3,8-11,13H2,1-2H3,(H,21,27)(H2,19,25,26). The maximum Gasteiger partial charge on any atom is 0.238 e. The number of hydrogen-bond acceptors (Lipinski definition) is 5. The second kappa shape index (κ2) is 8.56. The SMILES string of the molecule is CCn1ncc(CN2CCN(C(=S)Nc3ccc(S(N)(=O)=O)cc3)CC2)c1C. The first-order valence-electron chi connectivity index (χ1n) is 9.20. The molecule has 0 unspecified atom stereocenters. The minimum Gasteiger partial charge on any atom is -0.346 e. The molecule has 10 heteroatoms. The Hall–Kier alpha value is -2.01. The number of nitrogens with two attached hydrogens (primary N) is 1. The van der Waals surface area contributed by atoms with Gasteiger partial charge in [0.25, 0.3) is 0 Å². The number of hydrogen-bond donors (Lipinski definition) is 2. The molecule has 2 heterocycles. The van der Waals surface area contributed by atoms with Crippen LogP contribution in [0.3, 0.4) is 0 Å². The van der Waals surface area contributed by atoms with Gasteiger partial charge >= 0.3 is 0 Å². The van der Waals surface area contributed by atoms with Crippen LogP contribution in [-0.2, 0) is 23.1 Å². The van der Waals surface area contributed by atoms with Gasteiger partial charge < -0.3 is 10.2 Å². The summed E-state index contributed by atoms with van der Waals surface area (Å²) < 4.78 is 24.7. The maximum atomic E-state index is 11.3. The van der Waals surface area contributed by atoms with Gasteiger partial charge in [0.05, 0.1) is 11.1 Å². The van der Waals surface area contributed by atoms with Gasteiger partial charge in [-0.05, 0) is 50.3 Å². The number of aryl methyl sites for hydroxylation is 1. The van der Waals surface area contributed by atoms with Crippen molar-refractivity contribution in [3.8, 4) is 0 Å². The average molecular weight is 423 g/mol. The van der Waals surface area contributed by atoms with Gasteiger partial charge in [-0.3, -0.25) is 9.58 Å². The topological polar surface area (TPSA) is 96.5 Å². The number of aromatic nitrogens is 2. The smallest absolute Gasteiger partial charge is 0.238 e. The van der Waals surface area contributed by atoms with Crippen molar-refractivity contribution in [3.63, 3.8) is 0 Å². The molecule has 3 N–H and O–H groups in total. The highest BCUT2D eigenvalue weighted by atomic mass is 32.2. The number of benzene rings is 1. The Bertz CT molecular complexity index is 931. The fourth-order valence-corrected chi connectivity index (χ4v) is 4.06. The molecule has 2 aromatic rings. The number of sulfonamides is 1. The van der Waals surface area contributed by atoms with Crippen molar-refractivity contribution in [2.24, 2.45) is 5.14 Å². The summed E-state index contributed by atoms with van der Waals surface area (Å²) in [5.41, 5.74) is 3.23. The molecule has 28 heavy (non-hydrogen) atoms. The van der Waals surface area contributed by atoms with Crippen LogP contribution in [0.2, 0.25) is 0 Å². The van der Waals surface area contributed by atoms with E-state index >= 15 is 0 Å². The third-order valence-corrected chi connectivity index (χ3v) is 6.28. The highest BCUT2D eigenvalue weighted by molar-refractivity contribution is 7.89. The lowest BCUT2D eigenvalue weighted by molar-refractivity contribution is 0.176. The Morgan fingerprint density at radius 2 is 1.86 bits per heavy atom. The van der Waals surface area contributed by atoms with Crippen LogP contribution in [0, 0.1) is 6.92 Å². The zero-order valence-electron chi connectivity index (χ0n) is 16.1. The molecule has 0 saturated carbocycles. The van der Waals surface area contributed by atoms with Crippen molar-refractivity contribution in [3.05, 3.63) is 41.7 Å². The van der Waals surface area contributed by atoms with E-state index in [4.69, 9.17) is 17.4 Å². The molecule has 0 spiro atoms. The minimum atomic E-state index is -3.69. The fourth-order valence-electron chi connectivity index (χ4n) is 3.24. The first-order valence-corrected chi connectivity index (χ1v) is 11.2. The van der Waals surface area contributed by atoms with Gasteiger partial charge in [0.2, 0.25) is 10.0 Å². The molecule has 0 amide bonds. The van der Waals surface area contributed by atoms with Crippen molar-refractivity contribution >= 4 is 33.0 Å². The second-order valence-corrected chi connectivity index (χ2v) is 8.78. The molecule has 1 fully saturated rings. The van der Waals surface area contributed by atoms with E-state index < -0.39 is 10.0 Å². The lowest BCUT2D eigenvalue weighted by Gasteiger charge is -2.36. The molecule has 0 bridgehead atoms. The number of primary sulfonamides is 1. The first kappa shape index (κ1) is 20.7. The van der Waals surface area contributed by atoms with Crippen LogP contribution in [0.15, 0.2) is 35.4 Å². The summed E-state index contributed by atoms with van der Waals surface area (Å²) in [5.74, 6) is 0. The molecular formula is C18H26N6O2S2. The monoisotopic (exact) mass is 422 g/mol. The van der Waals surface area contributed by atoms with E-state index in [0.717, 1.165) is 45.0 Å². The first-order chi connectivity index (χ1) is 13.3. The van der Waals surface area contributed by atoms with Crippen LogP contribution < -0.4 is 10.5 Å². The zero-order valence-corrected chi connectivity index (χ0v) is 17.8. The Labute approximate surface area is 171 Å². The summed E-state index contributed by atoms with van der Waals surface area (Å²) in [7, 11) is -3.69. The number of nitrogens with one attached hydrogen (secondary N) is 1. The summed E-state index contributed by atoms with van der Waals surface area (Å²) in [4.78, 5) is 4.62. The van der Waals surface area contributed by atoms with Crippen LogP contribution in [0.4, 0.5) is 5.69 Å². The molecule has 1 aromatic carbocycles. The summed E-state index contributed by atoms with van der Waals surface area (Å²) in [6.07, 6.45) is 1.96. The molecular weight excluding hydrogens is 396 g/mol. The Kier molecular flexibility index (Phi) is 6.33. The highest BCUT2D eigenvalue weighted by Gasteiger charge is 2.20. The Morgan fingerprint density at radius 3 is 2.39 bits per heavy atom. The van der Waals surface area contributed by atoms with Gasteiger partial charge in [-0.2, -0.15) is 5.10 Å². The van der Waals surface area contributed by atoms with E-state index in [1.54, 1.807) is 12.1 Å². The average Bonchev–Trinajstić information content (AvgIpc) is 3.01. The minimum absolute atomic E-state index is 0.0827. The molecule has 1 aromatic heterocycles. The second-order valence-electron chi connectivity index (χ2n) is 6.83. The van der Waals surface area contributed by atoms with E-state index in [0.29, 0.717) is 5.11 Å². The number of thiocarbonyl (C=S) groups is 1. The summed E-state index contributed by atoms with van der Waals surface area (Å²) in [5, 5.41) is 13.3. The maximum absolute atomic E-state index is 11.3. The van der Waals surface area contributed by atoms with Gasteiger partial charge in [-0.1, -0.05) is 0 Å². The number of rotatable bonds is 5. The van der Waals surface area contributed by atoms with E-state index in [1.807, 2.05) is 10.9 Å². The van der Waals surface area contributed by atoms with Gasteiger partial charge in [-0.15, -0.1) is 0 Å². The van der Waals surface area contributed by atoms with E-state index in [9.17, 15) is 8.42 Å². The largest absolute Gasteiger partial charge is 0.346 e. The van der Waals surface area contributed by atoms with Crippen LogP contribution in [0.1, 0.15) is 18.2 Å². The predicted molar refractivity (Wildman–Crippen MR) is 114 cm³/mol. The van der Waals surface area contributed by atoms with Crippen molar-refractivity contribution in [1.29, 1.82) is 0 Å². The predicted octanol–water partition coefficient (Wildman–Crippen LogP) is 1.37. The zero-order chi connectivity index (χ0) is 20.3. The van der Waals surface area contributed by atoms with E-state index in [-0.39, 0.29) is 4.90 Å². The van der Waals surface area contributed by atoms with Crippen LogP contribution in [0.25, 0.3) is 0 Å². The van der Waals surface area contributed by atoms with E-state index in [1.165, 1.54) is 23.4 Å². The molecule has 152 valence electrons. The quantitative estimate of drug-likeness (QED) is 0.703. The molecule has 0 radical (unpaired) electrons. The molecule has 0 aliphatic carbocycles. The van der Waals surface area contributed by atoms with E-state index in [2.05, 4.69) is 34.1 Å².